The number of nitrogens with one attached hydrogen (secondary N) is 1. The average Bonchev–Trinajstić information content (AvgIpc) is 2.45. The van der Waals surface area contributed by atoms with Gasteiger partial charge in [0, 0.05) is 12.3 Å². The van der Waals surface area contributed by atoms with Crippen LogP contribution in [-0.2, 0) is 4.79 Å². The van der Waals surface area contributed by atoms with Crippen molar-refractivity contribution in [3.05, 3.63) is 42.6 Å². The van der Waals surface area contributed by atoms with Crippen LogP contribution in [0, 0.1) is 5.92 Å². The monoisotopic (exact) mass is 287 g/mol. The fraction of sp³-hybridized carbons (Fsp3) is 0.267. The summed E-state index contributed by atoms with van der Waals surface area (Å²) in [4.78, 5) is 19.4. The molecule has 1 heterocycles. The van der Waals surface area contributed by atoms with Gasteiger partial charge in [-0.25, -0.2) is 9.78 Å². The van der Waals surface area contributed by atoms with E-state index in [1.807, 2.05) is 44.2 Å². The van der Waals surface area contributed by atoms with E-state index < -0.39 is 12.0 Å². The average molecular weight is 287 g/mol. The number of ether oxygens (including phenoxy) is 1. The number of para-hydroxylation sites is 1. The number of carboxylic acids is 1. The van der Waals surface area contributed by atoms with E-state index in [1.54, 1.807) is 6.07 Å². The van der Waals surface area contributed by atoms with Crippen molar-refractivity contribution >= 4 is 11.9 Å². The van der Waals surface area contributed by atoms with Gasteiger partial charge in [0.2, 0.25) is 11.8 Å². The molecule has 21 heavy (non-hydrogen) atoms. The Balaban J connectivity index is 2.12. The topological polar surface area (TPSA) is 84.3 Å². The van der Waals surface area contributed by atoms with Gasteiger partial charge in [-0.05, 0) is 18.1 Å². The zero-order chi connectivity index (χ0) is 15.2. The SMILES string of the molecule is CC(C)[C@H](Nc1nccc(Oc2ccccc2)n1)C(=O)O. The maximum Gasteiger partial charge on any atom is 0.326 e. The molecule has 110 valence electrons. The molecule has 0 spiro atoms. The molecular weight excluding hydrogens is 270 g/mol. The van der Waals surface area contributed by atoms with E-state index in [-0.39, 0.29) is 11.9 Å². The molecule has 0 fully saturated rings. The van der Waals surface area contributed by atoms with E-state index in [0.29, 0.717) is 11.6 Å². The van der Waals surface area contributed by atoms with E-state index in [2.05, 4.69) is 15.3 Å². The van der Waals surface area contributed by atoms with Gasteiger partial charge in [0.1, 0.15) is 11.8 Å². The highest BCUT2D eigenvalue weighted by Gasteiger charge is 2.22. The molecule has 0 amide bonds. The second-order valence-corrected chi connectivity index (χ2v) is 4.84. The van der Waals surface area contributed by atoms with E-state index >= 15 is 0 Å². The van der Waals surface area contributed by atoms with Crippen LogP contribution in [-0.4, -0.2) is 27.1 Å². The van der Waals surface area contributed by atoms with Crippen molar-refractivity contribution in [2.75, 3.05) is 5.32 Å². The van der Waals surface area contributed by atoms with E-state index in [0.717, 1.165) is 0 Å². The summed E-state index contributed by atoms with van der Waals surface area (Å²) in [6, 6.07) is 10.1. The number of rotatable bonds is 6. The lowest BCUT2D eigenvalue weighted by atomic mass is 10.1. The van der Waals surface area contributed by atoms with Gasteiger partial charge in [0.15, 0.2) is 0 Å². The number of hydrogen-bond donors (Lipinski definition) is 2. The van der Waals surface area contributed by atoms with E-state index in [9.17, 15) is 4.79 Å². The lowest BCUT2D eigenvalue weighted by molar-refractivity contribution is -0.138. The van der Waals surface area contributed by atoms with Crippen molar-refractivity contribution in [2.24, 2.45) is 5.92 Å². The molecule has 0 saturated heterocycles. The van der Waals surface area contributed by atoms with Crippen LogP contribution in [0.5, 0.6) is 11.6 Å². The minimum Gasteiger partial charge on any atom is -0.480 e. The van der Waals surface area contributed by atoms with Crippen LogP contribution in [0.15, 0.2) is 42.6 Å². The Morgan fingerprint density at radius 3 is 2.57 bits per heavy atom. The summed E-state index contributed by atoms with van der Waals surface area (Å²) in [7, 11) is 0. The van der Waals surface area contributed by atoms with Gasteiger partial charge < -0.3 is 15.2 Å². The zero-order valence-corrected chi connectivity index (χ0v) is 11.9. The molecule has 6 nitrogen and oxygen atoms in total. The van der Waals surface area contributed by atoms with E-state index in [1.165, 1.54) is 6.20 Å². The molecule has 1 aromatic carbocycles. The van der Waals surface area contributed by atoms with Crippen molar-refractivity contribution < 1.29 is 14.6 Å². The van der Waals surface area contributed by atoms with Gasteiger partial charge in [-0.15, -0.1) is 0 Å². The Kier molecular flexibility index (Phi) is 4.71. The fourth-order valence-electron chi connectivity index (χ4n) is 1.73. The summed E-state index contributed by atoms with van der Waals surface area (Å²) in [5, 5.41) is 12.0. The van der Waals surface area contributed by atoms with Gasteiger partial charge in [-0.1, -0.05) is 32.0 Å². The first-order chi connectivity index (χ1) is 10.1. The van der Waals surface area contributed by atoms with Crippen molar-refractivity contribution in [1.29, 1.82) is 0 Å². The van der Waals surface area contributed by atoms with Crippen LogP contribution < -0.4 is 10.1 Å². The molecule has 0 aliphatic rings. The first-order valence-corrected chi connectivity index (χ1v) is 6.61. The van der Waals surface area contributed by atoms with Crippen molar-refractivity contribution in [2.45, 2.75) is 19.9 Å². The first-order valence-electron chi connectivity index (χ1n) is 6.61. The summed E-state index contributed by atoms with van der Waals surface area (Å²) in [6.07, 6.45) is 1.52. The number of carboxylic acid groups (broad SMARTS) is 1. The molecular formula is C15H17N3O3. The molecule has 0 aliphatic heterocycles. The molecule has 6 heteroatoms. The largest absolute Gasteiger partial charge is 0.480 e. The first kappa shape index (κ1) is 14.8. The fourth-order valence-corrected chi connectivity index (χ4v) is 1.73. The maximum absolute atomic E-state index is 11.2. The molecule has 1 aromatic heterocycles. The summed E-state index contributed by atoms with van der Waals surface area (Å²) in [6.45, 7) is 3.63. The van der Waals surface area contributed by atoms with Crippen LogP contribution in [0.3, 0.4) is 0 Å². The van der Waals surface area contributed by atoms with Gasteiger partial charge in [0.25, 0.3) is 0 Å². The molecule has 0 bridgehead atoms. The van der Waals surface area contributed by atoms with Gasteiger partial charge >= 0.3 is 5.97 Å². The maximum atomic E-state index is 11.2. The Bertz CT molecular complexity index is 602. The van der Waals surface area contributed by atoms with E-state index in [4.69, 9.17) is 9.84 Å². The highest BCUT2D eigenvalue weighted by atomic mass is 16.5. The van der Waals surface area contributed by atoms with Crippen molar-refractivity contribution in [3.63, 3.8) is 0 Å². The van der Waals surface area contributed by atoms with Crippen molar-refractivity contribution in [1.82, 2.24) is 9.97 Å². The van der Waals surface area contributed by atoms with Crippen LogP contribution in [0.4, 0.5) is 5.95 Å². The number of benzene rings is 1. The smallest absolute Gasteiger partial charge is 0.326 e. The molecule has 0 radical (unpaired) electrons. The number of aliphatic carboxylic acids is 1. The number of aromatic nitrogens is 2. The molecule has 0 aliphatic carbocycles. The van der Waals surface area contributed by atoms with Crippen molar-refractivity contribution in [3.8, 4) is 11.6 Å². The van der Waals surface area contributed by atoms with Gasteiger partial charge in [0.05, 0.1) is 0 Å². The second kappa shape index (κ2) is 6.69. The molecule has 2 N–H and O–H groups in total. The predicted octanol–water partition coefficient (Wildman–Crippen LogP) is 2.79. The third-order valence-corrected chi connectivity index (χ3v) is 2.81. The molecule has 0 saturated carbocycles. The van der Waals surface area contributed by atoms with Crippen LogP contribution in [0.25, 0.3) is 0 Å². The van der Waals surface area contributed by atoms with Gasteiger partial charge in [-0.3, -0.25) is 0 Å². The molecule has 2 rings (SSSR count). The standard InChI is InChI=1S/C15H17N3O3/c1-10(2)13(14(19)20)18-15-16-9-8-12(17-15)21-11-6-4-3-5-7-11/h3-10,13H,1-2H3,(H,19,20)(H,16,17,18)/t13-/m0/s1. The van der Waals surface area contributed by atoms with Crippen LogP contribution in [0.1, 0.15) is 13.8 Å². The Labute approximate surface area is 122 Å². The number of hydrogen-bond acceptors (Lipinski definition) is 5. The second-order valence-electron chi connectivity index (χ2n) is 4.84. The highest BCUT2D eigenvalue weighted by molar-refractivity contribution is 5.76. The predicted molar refractivity (Wildman–Crippen MR) is 78.4 cm³/mol. The zero-order valence-electron chi connectivity index (χ0n) is 11.9. The Hall–Kier alpha value is -2.63. The summed E-state index contributed by atoms with van der Waals surface area (Å²) in [5.74, 6) is 0.199. The Morgan fingerprint density at radius 1 is 1.24 bits per heavy atom. The molecule has 0 unspecified atom stereocenters. The number of nitrogens with zero attached hydrogens (tertiary/aromatic N) is 2. The lowest BCUT2D eigenvalue weighted by Crippen LogP contribution is -2.34. The summed E-state index contributed by atoms with van der Waals surface area (Å²) >= 11 is 0. The van der Waals surface area contributed by atoms with Gasteiger partial charge in [-0.2, -0.15) is 4.98 Å². The normalized spacial score (nSPS) is 12.0. The highest BCUT2D eigenvalue weighted by Crippen LogP contribution is 2.19. The molecule has 2 aromatic rings. The Morgan fingerprint density at radius 2 is 1.95 bits per heavy atom. The lowest BCUT2D eigenvalue weighted by Gasteiger charge is -2.17. The number of anilines is 1. The van der Waals surface area contributed by atoms with Crippen LogP contribution in [0.2, 0.25) is 0 Å². The molecule has 1 atom stereocenters. The third-order valence-electron chi connectivity index (χ3n) is 2.81. The third kappa shape index (κ3) is 4.17. The quantitative estimate of drug-likeness (QED) is 0.850. The van der Waals surface area contributed by atoms with Crippen LogP contribution >= 0.6 is 0 Å². The number of carbonyl (C=O) groups is 1. The summed E-state index contributed by atoms with van der Waals surface area (Å²) in [5.41, 5.74) is 0. The summed E-state index contributed by atoms with van der Waals surface area (Å²) < 4.78 is 5.58. The minimum absolute atomic E-state index is 0.0928. The minimum atomic E-state index is -0.942.